The molecule has 1 amide bonds. The molecule has 0 radical (unpaired) electrons. The first kappa shape index (κ1) is 25.0. The molecule has 35 heavy (non-hydrogen) atoms. The molecule has 0 saturated heterocycles. The molecular weight excluding hydrogens is 482 g/mol. The van der Waals surface area contributed by atoms with Crippen LogP contribution in [-0.4, -0.2) is 37.7 Å². The Hall–Kier alpha value is -3.10. The maximum atomic E-state index is 12.5. The number of rotatable bonds is 9. The Labute approximate surface area is 214 Å². The van der Waals surface area contributed by atoms with Crippen LogP contribution in [0.15, 0.2) is 65.4 Å². The molecule has 2 N–H and O–H groups in total. The zero-order valence-electron chi connectivity index (χ0n) is 19.4. The Morgan fingerprint density at radius 1 is 1.20 bits per heavy atom. The number of nitrogens with one attached hydrogen (secondary N) is 1. The van der Waals surface area contributed by atoms with Crippen LogP contribution < -0.4 is 5.43 Å². The Bertz CT molecular complexity index is 1200. The van der Waals surface area contributed by atoms with Crippen molar-refractivity contribution in [3.8, 4) is 17.1 Å². The van der Waals surface area contributed by atoms with Crippen molar-refractivity contribution in [2.45, 2.75) is 49.7 Å². The molecule has 1 aromatic heterocycles. The fourth-order valence-electron chi connectivity index (χ4n) is 4.21. The molecule has 1 fully saturated rings. The Kier molecular flexibility index (Phi) is 8.60. The lowest BCUT2D eigenvalue weighted by Gasteiger charge is -2.25. The van der Waals surface area contributed by atoms with Gasteiger partial charge in [-0.25, -0.2) is 5.43 Å². The third kappa shape index (κ3) is 6.32. The van der Waals surface area contributed by atoms with Crippen LogP contribution in [0.4, 0.5) is 0 Å². The first-order valence-electron chi connectivity index (χ1n) is 11.6. The second-order valence-electron chi connectivity index (χ2n) is 8.40. The molecule has 1 heterocycles. The number of benzene rings is 2. The van der Waals surface area contributed by atoms with Crippen LogP contribution in [0.2, 0.25) is 5.02 Å². The minimum atomic E-state index is -0.265. The highest BCUT2D eigenvalue weighted by molar-refractivity contribution is 7.99. The first-order chi connectivity index (χ1) is 17.1. The number of hydrogen-bond donors (Lipinski definition) is 2. The van der Waals surface area contributed by atoms with Crippen LogP contribution in [0.5, 0.6) is 5.75 Å². The van der Waals surface area contributed by atoms with Crippen molar-refractivity contribution < 1.29 is 9.90 Å². The smallest absolute Gasteiger partial charge is 0.250 e. The summed E-state index contributed by atoms with van der Waals surface area (Å²) in [7, 11) is 0. The van der Waals surface area contributed by atoms with Crippen LogP contribution in [-0.2, 0) is 11.2 Å². The number of para-hydroxylation sites is 1. The number of thioether (sulfide) groups is 1. The summed E-state index contributed by atoms with van der Waals surface area (Å²) in [5.41, 5.74) is 4.76. The summed E-state index contributed by atoms with van der Waals surface area (Å²) in [6, 6.07) is 13.3. The minimum absolute atomic E-state index is 0.134. The number of halogens is 1. The van der Waals surface area contributed by atoms with Gasteiger partial charge in [0.05, 0.1) is 12.0 Å². The zero-order valence-corrected chi connectivity index (χ0v) is 20.9. The lowest BCUT2D eigenvalue weighted by molar-refractivity contribution is -0.118. The molecule has 1 saturated carbocycles. The molecule has 9 heteroatoms. The van der Waals surface area contributed by atoms with E-state index in [4.69, 9.17) is 11.6 Å². The van der Waals surface area contributed by atoms with E-state index in [2.05, 4.69) is 31.9 Å². The fraction of sp³-hybridized carbons (Fsp3) is 0.308. The number of phenols is 1. The number of allylic oxidation sites excluding steroid dienone is 1. The molecule has 4 rings (SSSR count). The molecule has 3 aromatic rings. The number of hydrogen-bond acceptors (Lipinski definition) is 6. The number of aromatic nitrogens is 3. The number of aromatic hydroxyl groups is 1. The zero-order chi connectivity index (χ0) is 24.6. The number of nitrogens with zero attached hydrogens (tertiary/aromatic N) is 4. The van der Waals surface area contributed by atoms with Gasteiger partial charge in [-0.1, -0.05) is 60.8 Å². The largest absolute Gasteiger partial charge is 0.507 e. The van der Waals surface area contributed by atoms with Gasteiger partial charge in [-0.2, -0.15) is 5.10 Å². The highest BCUT2D eigenvalue weighted by Crippen LogP contribution is 2.35. The SMILES string of the molecule is C=CCc1cccc(/C=N\NC(=O)CSc2nnc(-c3ccc(Cl)cc3)n2C2CCCCC2)c1O. The molecule has 0 spiro atoms. The first-order valence-corrected chi connectivity index (χ1v) is 13.0. The Morgan fingerprint density at radius 3 is 2.71 bits per heavy atom. The van der Waals surface area contributed by atoms with Crippen LogP contribution >= 0.6 is 23.4 Å². The third-order valence-electron chi connectivity index (χ3n) is 5.95. The summed E-state index contributed by atoms with van der Waals surface area (Å²) in [6.07, 6.45) is 9.42. The van der Waals surface area contributed by atoms with E-state index in [1.54, 1.807) is 12.1 Å². The molecule has 0 bridgehead atoms. The summed E-state index contributed by atoms with van der Waals surface area (Å²) < 4.78 is 2.17. The second-order valence-corrected chi connectivity index (χ2v) is 9.78. The molecule has 2 aromatic carbocycles. The van der Waals surface area contributed by atoms with Crippen molar-refractivity contribution in [2.24, 2.45) is 5.10 Å². The molecular formula is C26H28ClN5O2S. The van der Waals surface area contributed by atoms with E-state index >= 15 is 0 Å². The minimum Gasteiger partial charge on any atom is -0.507 e. The number of amides is 1. The molecule has 1 aliphatic carbocycles. The number of carbonyl (C=O) groups excluding carboxylic acids is 1. The summed E-state index contributed by atoms with van der Waals surface area (Å²) in [6.45, 7) is 3.69. The lowest BCUT2D eigenvalue weighted by Crippen LogP contribution is -2.20. The molecule has 0 atom stereocenters. The van der Waals surface area contributed by atoms with Crippen molar-refractivity contribution in [3.05, 3.63) is 71.3 Å². The van der Waals surface area contributed by atoms with E-state index in [-0.39, 0.29) is 17.4 Å². The predicted molar refractivity (Wildman–Crippen MR) is 141 cm³/mol. The third-order valence-corrected chi connectivity index (χ3v) is 7.14. The van der Waals surface area contributed by atoms with Crippen molar-refractivity contribution in [1.29, 1.82) is 0 Å². The van der Waals surface area contributed by atoms with Crippen molar-refractivity contribution in [3.63, 3.8) is 0 Å². The highest BCUT2D eigenvalue weighted by atomic mass is 35.5. The topological polar surface area (TPSA) is 92.4 Å². The number of hydrazone groups is 1. The molecule has 0 aliphatic heterocycles. The predicted octanol–water partition coefficient (Wildman–Crippen LogP) is 5.78. The summed E-state index contributed by atoms with van der Waals surface area (Å²) in [5, 5.41) is 24.6. The summed E-state index contributed by atoms with van der Waals surface area (Å²) in [5.74, 6) is 0.810. The van der Waals surface area contributed by atoms with E-state index < -0.39 is 0 Å². The van der Waals surface area contributed by atoms with Gasteiger partial charge in [0, 0.05) is 22.2 Å². The summed E-state index contributed by atoms with van der Waals surface area (Å²) in [4.78, 5) is 12.5. The fourth-order valence-corrected chi connectivity index (χ4v) is 5.14. The monoisotopic (exact) mass is 509 g/mol. The normalized spacial score (nSPS) is 14.3. The molecule has 182 valence electrons. The van der Waals surface area contributed by atoms with Gasteiger partial charge in [0.2, 0.25) is 0 Å². The average Bonchev–Trinajstić information content (AvgIpc) is 3.30. The van der Waals surface area contributed by atoms with Gasteiger partial charge in [0.25, 0.3) is 5.91 Å². The highest BCUT2D eigenvalue weighted by Gasteiger charge is 2.24. The van der Waals surface area contributed by atoms with E-state index in [1.807, 2.05) is 36.4 Å². The van der Waals surface area contributed by atoms with E-state index in [0.717, 1.165) is 34.9 Å². The molecule has 0 unspecified atom stereocenters. The van der Waals surface area contributed by atoms with Gasteiger partial charge in [-0.05, 0) is 55.2 Å². The van der Waals surface area contributed by atoms with Crippen LogP contribution in [0.1, 0.15) is 49.3 Å². The van der Waals surface area contributed by atoms with Crippen molar-refractivity contribution in [1.82, 2.24) is 20.2 Å². The van der Waals surface area contributed by atoms with Gasteiger partial charge in [0.1, 0.15) is 5.75 Å². The van der Waals surface area contributed by atoms with Gasteiger partial charge >= 0.3 is 0 Å². The maximum absolute atomic E-state index is 12.5. The van der Waals surface area contributed by atoms with Gasteiger partial charge in [-0.15, -0.1) is 16.8 Å². The lowest BCUT2D eigenvalue weighted by atomic mass is 9.95. The standard InChI is InChI=1S/C26H28ClN5O2S/c1-2-7-18-8-6-9-20(24(18)34)16-28-29-23(33)17-35-26-31-30-25(19-12-14-21(27)15-13-19)32(26)22-10-4-3-5-11-22/h2,6,8-9,12-16,22,34H,1,3-5,7,10-11,17H2,(H,29,33)/b28-16-. The van der Waals surface area contributed by atoms with Crippen molar-refractivity contribution >= 4 is 35.5 Å². The van der Waals surface area contributed by atoms with Crippen molar-refractivity contribution in [2.75, 3.05) is 5.75 Å². The van der Waals surface area contributed by atoms with Gasteiger partial charge in [-0.3, -0.25) is 9.36 Å². The van der Waals surface area contributed by atoms with Gasteiger partial charge < -0.3 is 5.11 Å². The molecule has 1 aliphatic rings. The summed E-state index contributed by atoms with van der Waals surface area (Å²) >= 11 is 7.41. The molecule has 7 nitrogen and oxygen atoms in total. The van der Waals surface area contributed by atoms with E-state index in [1.165, 1.54) is 37.2 Å². The Balaban J connectivity index is 1.44. The van der Waals surface area contributed by atoms with Crippen LogP contribution in [0.25, 0.3) is 11.4 Å². The van der Waals surface area contributed by atoms with Gasteiger partial charge in [0.15, 0.2) is 11.0 Å². The quantitative estimate of drug-likeness (QED) is 0.165. The maximum Gasteiger partial charge on any atom is 0.250 e. The number of phenolic OH excluding ortho intramolecular Hbond substituents is 1. The van der Waals surface area contributed by atoms with Crippen LogP contribution in [0.3, 0.4) is 0 Å². The Morgan fingerprint density at radius 2 is 1.97 bits per heavy atom. The second kappa shape index (κ2) is 12.0. The van der Waals surface area contributed by atoms with E-state index in [0.29, 0.717) is 23.0 Å². The van der Waals surface area contributed by atoms with E-state index in [9.17, 15) is 9.90 Å². The number of carbonyl (C=O) groups is 1. The van der Waals surface area contributed by atoms with Crippen LogP contribution in [0, 0.1) is 0 Å². The average molecular weight is 510 g/mol.